The molecule has 0 aliphatic heterocycles. The standard InChI is InChI=1S/C19H30N2O4/c1-5-25-19(10-6-7-14(2)13-19)18(22)21-16-8-9-17(20-15(16)3)24-12-11-23-4/h8-9,14H,5-7,10-13H2,1-4H3,(H,21,22)/t14-,19-/m0/s1. The number of rotatable bonds is 8. The van der Waals surface area contributed by atoms with Crippen molar-refractivity contribution in [1.82, 2.24) is 4.98 Å². The number of nitrogens with zero attached hydrogens (tertiary/aromatic N) is 1. The van der Waals surface area contributed by atoms with Crippen molar-refractivity contribution in [3.8, 4) is 5.88 Å². The number of carbonyl (C=O) groups is 1. The Morgan fingerprint density at radius 3 is 2.84 bits per heavy atom. The predicted molar refractivity (Wildman–Crippen MR) is 97.0 cm³/mol. The van der Waals surface area contributed by atoms with Crippen LogP contribution in [0.15, 0.2) is 12.1 Å². The highest BCUT2D eigenvalue weighted by atomic mass is 16.5. The van der Waals surface area contributed by atoms with E-state index in [4.69, 9.17) is 14.2 Å². The lowest BCUT2D eigenvalue weighted by Crippen LogP contribution is -2.48. The fourth-order valence-electron chi connectivity index (χ4n) is 3.40. The van der Waals surface area contributed by atoms with E-state index < -0.39 is 5.60 Å². The van der Waals surface area contributed by atoms with Crippen LogP contribution in [0, 0.1) is 12.8 Å². The van der Waals surface area contributed by atoms with Crippen molar-refractivity contribution in [2.45, 2.75) is 52.1 Å². The number of methoxy groups -OCH3 is 1. The van der Waals surface area contributed by atoms with Crippen LogP contribution >= 0.6 is 0 Å². The quantitative estimate of drug-likeness (QED) is 0.728. The Hall–Kier alpha value is -1.66. The lowest BCUT2D eigenvalue weighted by Gasteiger charge is -2.38. The summed E-state index contributed by atoms with van der Waals surface area (Å²) in [4.78, 5) is 17.4. The molecule has 0 bridgehead atoms. The van der Waals surface area contributed by atoms with E-state index in [9.17, 15) is 4.79 Å². The second kappa shape index (κ2) is 9.15. The molecule has 1 aromatic rings. The molecular weight excluding hydrogens is 320 g/mol. The fraction of sp³-hybridized carbons (Fsp3) is 0.684. The van der Waals surface area contributed by atoms with E-state index in [-0.39, 0.29) is 5.91 Å². The smallest absolute Gasteiger partial charge is 0.256 e. The van der Waals surface area contributed by atoms with Crippen LogP contribution < -0.4 is 10.1 Å². The van der Waals surface area contributed by atoms with E-state index in [0.29, 0.717) is 37.3 Å². The summed E-state index contributed by atoms with van der Waals surface area (Å²) in [6, 6.07) is 3.59. The van der Waals surface area contributed by atoms with Crippen molar-refractivity contribution < 1.29 is 19.0 Å². The summed E-state index contributed by atoms with van der Waals surface area (Å²) in [6.07, 6.45) is 3.69. The van der Waals surface area contributed by atoms with Gasteiger partial charge in [0.25, 0.3) is 5.91 Å². The van der Waals surface area contributed by atoms with Gasteiger partial charge in [-0.15, -0.1) is 0 Å². The minimum Gasteiger partial charge on any atom is -0.475 e. The second-order valence-corrected chi connectivity index (χ2v) is 6.71. The van der Waals surface area contributed by atoms with Crippen LogP contribution in [0.4, 0.5) is 5.69 Å². The Balaban J connectivity index is 2.07. The molecule has 1 N–H and O–H groups in total. The van der Waals surface area contributed by atoms with Gasteiger partial charge in [0.1, 0.15) is 12.2 Å². The largest absolute Gasteiger partial charge is 0.475 e. The number of pyridine rings is 1. The van der Waals surface area contributed by atoms with Crippen LogP contribution in [-0.4, -0.2) is 43.4 Å². The van der Waals surface area contributed by atoms with Crippen molar-refractivity contribution in [3.63, 3.8) is 0 Å². The third-order valence-corrected chi connectivity index (χ3v) is 4.64. The number of anilines is 1. The molecule has 1 saturated carbocycles. The molecule has 140 valence electrons. The van der Waals surface area contributed by atoms with Gasteiger partial charge in [0.05, 0.1) is 18.0 Å². The van der Waals surface area contributed by atoms with E-state index in [1.54, 1.807) is 13.2 Å². The Morgan fingerprint density at radius 1 is 1.40 bits per heavy atom. The highest BCUT2D eigenvalue weighted by Gasteiger charge is 2.42. The Bertz CT molecular complexity index is 575. The molecule has 2 rings (SSSR count). The molecule has 6 nitrogen and oxygen atoms in total. The third-order valence-electron chi connectivity index (χ3n) is 4.64. The number of hydrogen-bond acceptors (Lipinski definition) is 5. The van der Waals surface area contributed by atoms with E-state index >= 15 is 0 Å². The summed E-state index contributed by atoms with van der Waals surface area (Å²) in [5, 5.41) is 3.01. The lowest BCUT2D eigenvalue weighted by molar-refractivity contribution is -0.147. The Morgan fingerprint density at radius 2 is 2.20 bits per heavy atom. The molecule has 1 heterocycles. The maximum Gasteiger partial charge on any atom is 0.256 e. The van der Waals surface area contributed by atoms with Crippen LogP contribution in [0.25, 0.3) is 0 Å². The highest BCUT2D eigenvalue weighted by Crippen LogP contribution is 2.36. The molecule has 1 aliphatic carbocycles. The Labute approximate surface area is 150 Å². The molecule has 2 atom stereocenters. The van der Waals surface area contributed by atoms with E-state index in [0.717, 1.165) is 31.4 Å². The van der Waals surface area contributed by atoms with Gasteiger partial charge in [0, 0.05) is 19.8 Å². The molecule has 1 aromatic heterocycles. The van der Waals surface area contributed by atoms with Gasteiger partial charge in [0.15, 0.2) is 0 Å². The van der Waals surface area contributed by atoms with Crippen LogP contribution in [0.3, 0.4) is 0 Å². The monoisotopic (exact) mass is 350 g/mol. The topological polar surface area (TPSA) is 69.7 Å². The van der Waals surface area contributed by atoms with Crippen molar-refractivity contribution in [2.75, 3.05) is 32.2 Å². The van der Waals surface area contributed by atoms with Gasteiger partial charge in [-0.25, -0.2) is 4.98 Å². The molecule has 0 saturated heterocycles. The first-order valence-corrected chi connectivity index (χ1v) is 9.05. The van der Waals surface area contributed by atoms with Crippen molar-refractivity contribution in [3.05, 3.63) is 17.8 Å². The molecule has 1 amide bonds. The first-order chi connectivity index (χ1) is 12.0. The SMILES string of the molecule is CCO[C@@]1(C(=O)Nc2ccc(OCCOC)nc2C)CCC[C@H](C)C1. The van der Waals surface area contributed by atoms with Gasteiger partial charge in [0.2, 0.25) is 5.88 Å². The number of aryl methyl sites for hydroxylation is 1. The van der Waals surface area contributed by atoms with E-state index in [1.807, 2.05) is 19.9 Å². The summed E-state index contributed by atoms with van der Waals surface area (Å²) in [5.41, 5.74) is 0.687. The zero-order valence-corrected chi connectivity index (χ0v) is 15.8. The number of aromatic nitrogens is 1. The van der Waals surface area contributed by atoms with E-state index in [1.165, 1.54) is 0 Å². The predicted octanol–water partition coefficient (Wildman–Crippen LogP) is 3.34. The molecule has 0 spiro atoms. The summed E-state index contributed by atoms with van der Waals surface area (Å²) in [5.74, 6) is 0.944. The van der Waals surface area contributed by atoms with Crippen LogP contribution in [0.2, 0.25) is 0 Å². The van der Waals surface area contributed by atoms with Gasteiger partial charge in [-0.2, -0.15) is 0 Å². The van der Waals surface area contributed by atoms with Crippen LogP contribution in [-0.2, 0) is 14.3 Å². The molecule has 0 radical (unpaired) electrons. The minimum absolute atomic E-state index is 0.0705. The second-order valence-electron chi connectivity index (χ2n) is 6.71. The summed E-state index contributed by atoms with van der Waals surface area (Å²) in [6.45, 7) is 7.46. The Kier molecular flexibility index (Phi) is 7.20. The number of hydrogen-bond donors (Lipinski definition) is 1. The maximum atomic E-state index is 13.0. The molecule has 0 unspecified atom stereocenters. The van der Waals surface area contributed by atoms with Gasteiger partial charge in [-0.05, 0) is 45.1 Å². The van der Waals surface area contributed by atoms with Gasteiger partial charge in [-0.1, -0.05) is 13.3 Å². The zero-order chi connectivity index (χ0) is 18.3. The summed E-state index contributed by atoms with van der Waals surface area (Å²) < 4.78 is 16.4. The van der Waals surface area contributed by atoms with Crippen molar-refractivity contribution in [2.24, 2.45) is 5.92 Å². The van der Waals surface area contributed by atoms with Crippen LogP contribution in [0.5, 0.6) is 5.88 Å². The van der Waals surface area contributed by atoms with Crippen molar-refractivity contribution in [1.29, 1.82) is 0 Å². The number of amides is 1. The normalized spacial score (nSPS) is 23.3. The first-order valence-electron chi connectivity index (χ1n) is 9.05. The summed E-state index contributed by atoms with van der Waals surface area (Å²) in [7, 11) is 1.63. The number of carbonyl (C=O) groups excluding carboxylic acids is 1. The third kappa shape index (κ3) is 5.16. The maximum absolute atomic E-state index is 13.0. The first kappa shape index (κ1) is 19.7. The lowest BCUT2D eigenvalue weighted by atomic mass is 9.78. The van der Waals surface area contributed by atoms with Crippen molar-refractivity contribution >= 4 is 11.6 Å². The number of nitrogens with one attached hydrogen (secondary N) is 1. The molecule has 25 heavy (non-hydrogen) atoms. The van der Waals surface area contributed by atoms with Gasteiger partial charge >= 0.3 is 0 Å². The highest BCUT2D eigenvalue weighted by molar-refractivity contribution is 5.97. The van der Waals surface area contributed by atoms with E-state index in [2.05, 4.69) is 17.2 Å². The summed E-state index contributed by atoms with van der Waals surface area (Å²) >= 11 is 0. The number of ether oxygens (including phenoxy) is 3. The van der Waals surface area contributed by atoms with Crippen LogP contribution in [0.1, 0.15) is 45.2 Å². The zero-order valence-electron chi connectivity index (χ0n) is 15.8. The van der Waals surface area contributed by atoms with Gasteiger partial charge < -0.3 is 19.5 Å². The fourth-order valence-corrected chi connectivity index (χ4v) is 3.40. The average Bonchev–Trinajstić information content (AvgIpc) is 2.57. The average molecular weight is 350 g/mol. The molecule has 1 fully saturated rings. The van der Waals surface area contributed by atoms with Gasteiger partial charge in [-0.3, -0.25) is 4.79 Å². The molecule has 1 aliphatic rings. The molecular formula is C19H30N2O4. The molecule has 0 aromatic carbocycles. The minimum atomic E-state index is -0.730. The molecule has 6 heteroatoms.